The summed E-state index contributed by atoms with van der Waals surface area (Å²) in [7, 11) is 0. The van der Waals surface area contributed by atoms with Crippen LogP contribution in [0, 0.1) is 10.5 Å². The summed E-state index contributed by atoms with van der Waals surface area (Å²) < 4.78 is 6.34. The molecule has 120 valence electrons. The Kier molecular flexibility index (Phi) is 5.17. The van der Waals surface area contributed by atoms with Gasteiger partial charge in [-0.05, 0) is 65.4 Å². The van der Waals surface area contributed by atoms with Gasteiger partial charge in [-0.15, -0.1) is 0 Å². The van der Waals surface area contributed by atoms with Crippen molar-refractivity contribution >= 4 is 39.9 Å². The molecule has 0 radical (unpaired) electrons. The molecule has 1 heterocycles. The van der Waals surface area contributed by atoms with Gasteiger partial charge in [0, 0.05) is 28.0 Å². The highest BCUT2D eigenvalue weighted by Gasteiger charge is 2.14. The average Bonchev–Trinajstić information content (AvgIpc) is 2.58. The Morgan fingerprint density at radius 3 is 2.61 bits per heavy atom. The predicted octanol–water partition coefficient (Wildman–Crippen LogP) is 3.69. The number of halogens is 1. The number of hydrogen-bond donors (Lipinski definition) is 1. The molecule has 1 aliphatic rings. The summed E-state index contributed by atoms with van der Waals surface area (Å²) >= 11 is 2.18. The number of carbonyl (C=O) groups is 1. The molecule has 1 amide bonds. The Balaban J connectivity index is 1.76. The van der Waals surface area contributed by atoms with E-state index in [4.69, 9.17) is 4.74 Å². The standard InChI is InChI=1S/C18H19IN2O2/c1-13-12-14(21-8-10-23-11-9-21)6-7-17(13)20-18(22)15-4-2-3-5-16(15)19/h2-7,12H,8-11H2,1H3,(H,20,22). The fourth-order valence-electron chi connectivity index (χ4n) is 2.64. The van der Waals surface area contributed by atoms with Crippen LogP contribution in [0.1, 0.15) is 15.9 Å². The highest BCUT2D eigenvalue weighted by Crippen LogP contribution is 2.24. The Labute approximate surface area is 150 Å². The number of rotatable bonds is 3. The van der Waals surface area contributed by atoms with E-state index in [1.54, 1.807) is 0 Å². The highest BCUT2D eigenvalue weighted by molar-refractivity contribution is 14.1. The number of morpholine rings is 1. The van der Waals surface area contributed by atoms with E-state index in [0.29, 0.717) is 5.56 Å². The Bertz CT molecular complexity index is 712. The van der Waals surface area contributed by atoms with Gasteiger partial charge in [-0.3, -0.25) is 4.79 Å². The number of carbonyl (C=O) groups excluding carboxylic acids is 1. The molecule has 0 saturated carbocycles. The van der Waals surface area contributed by atoms with Crippen molar-refractivity contribution in [1.82, 2.24) is 0 Å². The van der Waals surface area contributed by atoms with Gasteiger partial charge < -0.3 is 15.0 Å². The van der Waals surface area contributed by atoms with E-state index >= 15 is 0 Å². The van der Waals surface area contributed by atoms with Crippen molar-refractivity contribution in [2.75, 3.05) is 36.5 Å². The second-order valence-electron chi connectivity index (χ2n) is 5.53. The molecule has 1 saturated heterocycles. The number of ether oxygens (including phenoxy) is 1. The van der Waals surface area contributed by atoms with Crippen LogP contribution in [0.4, 0.5) is 11.4 Å². The summed E-state index contributed by atoms with van der Waals surface area (Å²) in [5, 5.41) is 3.01. The molecule has 0 aromatic heterocycles. The van der Waals surface area contributed by atoms with E-state index in [1.165, 1.54) is 5.69 Å². The van der Waals surface area contributed by atoms with Gasteiger partial charge in [-0.2, -0.15) is 0 Å². The lowest BCUT2D eigenvalue weighted by Gasteiger charge is -2.29. The molecule has 5 heteroatoms. The van der Waals surface area contributed by atoms with Crippen molar-refractivity contribution in [3.63, 3.8) is 0 Å². The first kappa shape index (κ1) is 16.3. The minimum Gasteiger partial charge on any atom is -0.378 e. The van der Waals surface area contributed by atoms with Crippen LogP contribution in [-0.2, 0) is 4.74 Å². The fraction of sp³-hybridized carbons (Fsp3) is 0.278. The maximum absolute atomic E-state index is 12.4. The zero-order chi connectivity index (χ0) is 16.2. The van der Waals surface area contributed by atoms with E-state index in [-0.39, 0.29) is 5.91 Å². The molecule has 0 spiro atoms. The molecule has 4 nitrogen and oxygen atoms in total. The van der Waals surface area contributed by atoms with Crippen LogP contribution >= 0.6 is 22.6 Å². The number of anilines is 2. The van der Waals surface area contributed by atoms with E-state index in [9.17, 15) is 4.79 Å². The zero-order valence-electron chi connectivity index (χ0n) is 13.0. The number of hydrogen-bond acceptors (Lipinski definition) is 3. The molecule has 1 aliphatic heterocycles. The van der Waals surface area contributed by atoms with Crippen molar-refractivity contribution in [3.05, 3.63) is 57.2 Å². The van der Waals surface area contributed by atoms with Crippen LogP contribution in [0.5, 0.6) is 0 Å². The van der Waals surface area contributed by atoms with Crippen molar-refractivity contribution in [2.24, 2.45) is 0 Å². The highest BCUT2D eigenvalue weighted by atomic mass is 127. The predicted molar refractivity (Wildman–Crippen MR) is 101 cm³/mol. The van der Waals surface area contributed by atoms with Gasteiger partial charge in [0.2, 0.25) is 0 Å². The maximum Gasteiger partial charge on any atom is 0.256 e. The molecular weight excluding hydrogens is 403 g/mol. The summed E-state index contributed by atoms with van der Waals surface area (Å²) in [6.07, 6.45) is 0. The van der Waals surface area contributed by atoms with Crippen LogP contribution in [-0.4, -0.2) is 32.2 Å². The number of benzene rings is 2. The fourth-order valence-corrected chi connectivity index (χ4v) is 3.27. The first-order valence-electron chi connectivity index (χ1n) is 7.64. The Morgan fingerprint density at radius 2 is 1.91 bits per heavy atom. The first-order chi connectivity index (χ1) is 11.1. The number of aryl methyl sites for hydroxylation is 1. The van der Waals surface area contributed by atoms with E-state index in [0.717, 1.165) is 41.1 Å². The van der Waals surface area contributed by atoms with Crippen LogP contribution in [0.15, 0.2) is 42.5 Å². The molecular formula is C18H19IN2O2. The van der Waals surface area contributed by atoms with Crippen molar-refractivity contribution < 1.29 is 9.53 Å². The molecule has 1 fully saturated rings. The molecule has 2 aromatic rings. The van der Waals surface area contributed by atoms with E-state index < -0.39 is 0 Å². The minimum atomic E-state index is -0.0720. The van der Waals surface area contributed by atoms with Gasteiger partial charge in [0.15, 0.2) is 0 Å². The van der Waals surface area contributed by atoms with Crippen molar-refractivity contribution in [3.8, 4) is 0 Å². The lowest BCUT2D eigenvalue weighted by Crippen LogP contribution is -2.36. The third kappa shape index (κ3) is 3.84. The quantitative estimate of drug-likeness (QED) is 0.768. The molecule has 2 aromatic carbocycles. The molecule has 23 heavy (non-hydrogen) atoms. The summed E-state index contributed by atoms with van der Waals surface area (Å²) in [5.41, 5.74) is 3.79. The maximum atomic E-state index is 12.4. The zero-order valence-corrected chi connectivity index (χ0v) is 15.2. The van der Waals surface area contributed by atoms with Gasteiger partial charge in [0.25, 0.3) is 5.91 Å². The summed E-state index contributed by atoms with van der Waals surface area (Å²) in [5.74, 6) is -0.0720. The molecule has 0 unspecified atom stereocenters. The van der Waals surface area contributed by atoms with Crippen molar-refractivity contribution in [2.45, 2.75) is 6.92 Å². The van der Waals surface area contributed by atoms with Crippen LogP contribution < -0.4 is 10.2 Å². The third-order valence-corrected chi connectivity index (χ3v) is 4.89. The lowest BCUT2D eigenvalue weighted by atomic mass is 10.1. The first-order valence-corrected chi connectivity index (χ1v) is 8.72. The second-order valence-corrected chi connectivity index (χ2v) is 6.69. The minimum absolute atomic E-state index is 0.0720. The number of nitrogens with zero attached hydrogens (tertiary/aromatic N) is 1. The summed E-state index contributed by atoms with van der Waals surface area (Å²) in [6, 6.07) is 13.7. The Morgan fingerprint density at radius 1 is 1.17 bits per heavy atom. The monoisotopic (exact) mass is 422 g/mol. The third-order valence-electron chi connectivity index (χ3n) is 3.95. The molecule has 1 N–H and O–H groups in total. The van der Waals surface area contributed by atoms with E-state index in [1.807, 2.05) is 37.3 Å². The van der Waals surface area contributed by atoms with Gasteiger partial charge in [-0.1, -0.05) is 12.1 Å². The smallest absolute Gasteiger partial charge is 0.256 e. The van der Waals surface area contributed by atoms with Crippen LogP contribution in [0.2, 0.25) is 0 Å². The lowest BCUT2D eigenvalue weighted by molar-refractivity contribution is 0.102. The molecule has 0 aliphatic carbocycles. The number of amides is 1. The normalized spacial score (nSPS) is 14.6. The van der Waals surface area contributed by atoms with Gasteiger partial charge >= 0.3 is 0 Å². The SMILES string of the molecule is Cc1cc(N2CCOCC2)ccc1NC(=O)c1ccccc1I. The average molecular weight is 422 g/mol. The van der Waals surface area contributed by atoms with Crippen LogP contribution in [0.25, 0.3) is 0 Å². The molecule has 0 bridgehead atoms. The van der Waals surface area contributed by atoms with Crippen molar-refractivity contribution in [1.29, 1.82) is 0 Å². The second kappa shape index (κ2) is 7.31. The van der Waals surface area contributed by atoms with Gasteiger partial charge in [0.05, 0.1) is 18.8 Å². The van der Waals surface area contributed by atoms with Gasteiger partial charge in [-0.25, -0.2) is 0 Å². The molecule has 3 rings (SSSR count). The van der Waals surface area contributed by atoms with E-state index in [2.05, 4.69) is 44.9 Å². The molecule has 0 atom stereocenters. The topological polar surface area (TPSA) is 41.6 Å². The largest absolute Gasteiger partial charge is 0.378 e. The summed E-state index contributed by atoms with van der Waals surface area (Å²) in [6.45, 7) is 5.38. The Hall–Kier alpha value is -1.60. The summed E-state index contributed by atoms with van der Waals surface area (Å²) in [4.78, 5) is 14.7. The van der Waals surface area contributed by atoms with Crippen LogP contribution in [0.3, 0.4) is 0 Å². The number of nitrogens with one attached hydrogen (secondary N) is 1. The van der Waals surface area contributed by atoms with Gasteiger partial charge in [0.1, 0.15) is 0 Å².